The van der Waals surface area contributed by atoms with Gasteiger partial charge in [-0.1, -0.05) is 13.0 Å². The first kappa shape index (κ1) is 15.5. The number of halogens is 1. The SMILES string of the molecule is CCc1cc(COc2ccc(CNC)cc2F)n(CC)n1. The summed E-state index contributed by atoms with van der Waals surface area (Å²) >= 11 is 0. The van der Waals surface area contributed by atoms with Gasteiger partial charge in [0.15, 0.2) is 11.6 Å². The van der Waals surface area contributed by atoms with Gasteiger partial charge in [-0.05, 0) is 44.2 Å². The molecule has 0 fully saturated rings. The van der Waals surface area contributed by atoms with E-state index in [0.29, 0.717) is 13.2 Å². The second kappa shape index (κ2) is 7.22. The van der Waals surface area contributed by atoms with Gasteiger partial charge in [0.1, 0.15) is 6.61 Å². The van der Waals surface area contributed by atoms with Crippen LogP contribution in [0.15, 0.2) is 24.3 Å². The van der Waals surface area contributed by atoms with Gasteiger partial charge >= 0.3 is 0 Å². The zero-order chi connectivity index (χ0) is 15.2. The second-order valence-corrected chi connectivity index (χ2v) is 4.88. The number of ether oxygens (including phenoxy) is 1. The molecule has 1 heterocycles. The quantitative estimate of drug-likeness (QED) is 0.852. The highest BCUT2D eigenvalue weighted by Gasteiger charge is 2.09. The van der Waals surface area contributed by atoms with E-state index in [1.54, 1.807) is 6.07 Å². The van der Waals surface area contributed by atoms with Crippen LogP contribution < -0.4 is 10.1 Å². The minimum atomic E-state index is -0.332. The van der Waals surface area contributed by atoms with Gasteiger partial charge in [0.2, 0.25) is 0 Å². The maximum Gasteiger partial charge on any atom is 0.165 e. The summed E-state index contributed by atoms with van der Waals surface area (Å²) in [5.74, 6) is -0.0576. The summed E-state index contributed by atoms with van der Waals surface area (Å²) in [5, 5.41) is 7.45. The molecule has 1 aromatic carbocycles. The number of hydrogen-bond acceptors (Lipinski definition) is 3. The first-order chi connectivity index (χ1) is 10.2. The van der Waals surface area contributed by atoms with Crippen molar-refractivity contribution in [3.63, 3.8) is 0 Å². The Labute approximate surface area is 124 Å². The van der Waals surface area contributed by atoms with Crippen molar-refractivity contribution in [1.29, 1.82) is 0 Å². The summed E-state index contributed by atoms with van der Waals surface area (Å²) in [4.78, 5) is 0. The van der Waals surface area contributed by atoms with Crippen molar-refractivity contribution < 1.29 is 9.13 Å². The van der Waals surface area contributed by atoms with Crippen LogP contribution in [0, 0.1) is 5.82 Å². The van der Waals surface area contributed by atoms with Crippen LogP contribution in [0.25, 0.3) is 0 Å². The van der Waals surface area contributed by atoms with Crippen LogP contribution in [0.1, 0.15) is 30.8 Å². The largest absolute Gasteiger partial charge is 0.484 e. The summed E-state index contributed by atoms with van der Waals surface area (Å²) in [7, 11) is 1.83. The standard InChI is InChI=1S/C16H22FN3O/c1-4-13-9-14(20(5-2)19-13)11-21-16-7-6-12(10-18-3)8-15(16)17/h6-9,18H,4-5,10-11H2,1-3H3. The lowest BCUT2D eigenvalue weighted by Crippen LogP contribution is -2.08. The molecule has 0 unspecified atom stereocenters. The lowest BCUT2D eigenvalue weighted by molar-refractivity contribution is 0.278. The highest BCUT2D eigenvalue weighted by molar-refractivity contribution is 5.29. The minimum absolute atomic E-state index is 0.275. The van der Waals surface area contributed by atoms with E-state index >= 15 is 0 Å². The molecule has 114 valence electrons. The zero-order valence-corrected chi connectivity index (χ0v) is 12.8. The summed E-state index contributed by atoms with van der Waals surface area (Å²) < 4.78 is 21.4. The van der Waals surface area contributed by atoms with E-state index in [1.807, 2.05) is 30.8 Å². The van der Waals surface area contributed by atoms with E-state index in [4.69, 9.17) is 4.74 Å². The van der Waals surface area contributed by atoms with Gasteiger partial charge in [0, 0.05) is 13.1 Å². The van der Waals surface area contributed by atoms with E-state index in [-0.39, 0.29) is 11.6 Å². The summed E-state index contributed by atoms with van der Waals surface area (Å²) in [6, 6.07) is 7.05. The summed E-state index contributed by atoms with van der Waals surface area (Å²) in [5.41, 5.74) is 2.89. The third-order valence-electron chi connectivity index (χ3n) is 3.33. The number of aryl methyl sites for hydroxylation is 2. The van der Waals surface area contributed by atoms with Crippen LogP contribution in [0.5, 0.6) is 5.75 Å². The third kappa shape index (κ3) is 3.82. The first-order valence-electron chi connectivity index (χ1n) is 7.29. The first-order valence-corrected chi connectivity index (χ1v) is 7.29. The molecule has 5 heteroatoms. The van der Waals surface area contributed by atoms with E-state index in [9.17, 15) is 4.39 Å². The molecule has 1 aromatic heterocycles. The molecule has 21 heavy (non-hydrogen) atoms. The van der Waals surface area contributed by atoms with Gasteiger partial charge in [0.25, 0.3) is 0 Å². The normalized spacial score (nSPS) is 10.9. The number of hydrogen-bond donors (Lipinski definition) is 1. The maximum atomic E-state index is 14.0. The fraction of sp³-hybridized carbons (Fsp3) is 0.438. The Bertz CT molecular complexity index is 595. The predicted molar refractivity (Wildman–Crippen MR) is 80.8 cm³/mol. The lowest BCUT2D eigenvalue weighted by Gasteiger charge is -2.09. The molecule has 0 saturated carbocycles. The van der Waals surface area contributed by atoms with Gasteiger partial charge in [0.05, 0.1) is 11.4 Å². The van der Waals surface area contributed by atoms with E-state index in [0.717, 1.165) is 29.9 Å². The molecular formula is C16H22FN3O. The van der Waals surface area contributed by atoms with E-state index < -0.39 is 0 Å². The van der Waals surface area contributed by atoms with Crippen molar-refractivity contribution >= 4 is 0 Å². The van der Waals surface area contributed by atoms with E-state index in [1.165, 1.54) is 6.07 Å². The van der Waals surface area contributed by atoms with Gasteiger partial charge < -0.3 is 10.1 Å². The smallest absolute Gasteiger partial charge is 0.165 e. The topological polar surface area (TPSA) is 39.1 Å². The molecule has 0 amide bonds. The third-order valence-corrected chi connectivity index (χ3v) is 3.33. The minimum Gasteiger partial charge on any atom is -0.484 e. The van der Waals surface area contributed by atoms with Gasteiger partial charge in [-0.25, -0.2) is 4.39 Å². The average Bonchev–Trinajstić information content (AvgIpc) is 2.89. The van der Waals surface area contributed by atoms with Crippen LogP contribution in [0.4, 0.5) is 4.39 Å². The van der Waals surface area contributed by atoms with Crippen molar-refractivity contribution in [2.45, 2.75) is 40.0 Å². The highest BCUT2D eigenvalue weighted by Crippen LogP contribution is 2.20. The Kier molecular flexibility index (Phi) is 5.33. The van der Waals surface area contributed by atoms with Gasteiger partial charge in [-0.2, -0.15) is 5.10 Å². The van der Waals surface area contributed by atoms with Crippen LogP contribution >= 0.6 is 0 Å². The van der Waals surface area contributed by atoms with Crippen LogP contribution in [-0.4, -0.2) is 16.8 Å². The molecule has 0 aliphatic carbocycles. The fourth-order valence-corrected chi connectivity index (χ4v) is 2.20. The summed E-state index contributed by atoms with van der Waals surface area (Å²) in [6.07, 6.45) is 0.882. The predicted octanol–water partition coefficient (Wildman–Crippen LogP) is 2.90. The molecule has 0 radical (unpaired) electrons. The Morgan fingerprint density at radius 3 is 2.71 bits per heavy atom. The molecule has 0 spiro atoms. The molecular weight excluding hydrogens is 269 g/mol. The zero-order valence-electron chi connectivity index (χ0n) is 12.8. The molecule has 0 bridgehead atoms. The van der Waals surface area contributed by atoms with Gasteiger partial charge in [-0.15, -0.1) is 0 Å². The molecule has 0 saturated heterocycles. The number of aromatic nitrogens is 2. The molecule has 2 aromatic rings. The van der Waals surface area contributed by atoms with Crippen molar-refractivity contribution in [1.82, 2.24) is 15.1 Å². The number of rotatable bonds is 7. The lowest BCUT2D eigenvalue weighted by atomic mass is 10.2. The second-order valence-electron chi connectivity index (χ2n) is 4.88. The Balaban J connectivity index is 2.07. The monoisotopic (exact) mass is 291 g/mol. The van der Waals surface area contributed by atoms with Crippen LogP contribution in [0.2, 0.25) is 0 Å². The molecule has 0 aliphatic heterocycles. The van der Waals surface area contributed by atoms with Crippen molar-refractivity contribution in [3.8, 4) is 5.75 Å². The van der Waals surface area contributed by atoms with E-state index in [2.05, 4.69) is 17.3 Å². The fourth-order valence-electron chi connectivity index (χ4n) is 2.20. The van der Waals surface area contributed by atoms with Crippen molar-refractivity contribution in [2.24, 2.45) is 0 Å². The van der Waals surface area contributed by atoms with Gasteiger partial charge in [-0.3, -0.25) is 4.68 Å². The molecule has 2 rings (SSSR count). The number of nitrogens with zero attached hydrogens (tertiary/aromatic N) is 2. The Morgan fingerprint density at radius 2 is 2.10 bits per heavy atom. The van der Waals surface area contributed by atoms with Crippen molar-refractivity contribution in [3.05, 3.63) is 47.0 Å². The highest BCUT2D eigenvalue weighted by atomic mass is 19.1. The number of nitrogens with one attached hydrogen (secondary N) is 1. The molecule has 4 nitrogen and oxygen atoms in total. The average molecular weight is 291 g/mol. The maximum absolute atomic E-state index is 14.0. The van der Waals surface area contributed by atoms with Crippen LogP contribution in [-0.2, 0) is 26.1 Å². The molecule has 1 N–H and O–H groups in total. The van der Waals surface area contributed by atoms with Crippen LogP contribution in [0.3, 0.4) is 0 Å². The molecule has 0 atom stereocenters. The van der Waals surface area contributed by atoms with Crippen molar-refractivity contribution in [2.75, 3.05) is 7.05 Å². The molecule has 0 aliphatic rings. The Hall–Kier alpha value is -1.88. The number of benzene rings is 1. The Morgan fingerprint density at radius 1 is 1.29 bits per heavy atom. The summed E-state index contributed by atoms with van der Waals surface area (Å²) in [6.45, 7) is 5.83.